The first-order valence-corrected chi connectivity index (χ1v) is 8.26. The molecule has 0 spiro atoms. The molecule has 2 aromatic heterocycles. The molecule has 0 saturated heterocycles. The number of nitrogens with zero attached hydrogens (tertiary/aromatic N) is 3. The van der Waals surface area contributed by atoms with Crippen LogP contribution in [0.5, 0.6) is 0 Å². The van der Waals surface area contributed by atoms with Crippen molar-refractivity contribution in [2.24, 2.45) is 0 Å². The third-order valence-corrected chi connectivity index (χ3v) is 4.13. The minimum atomic E-state index is -3.61. The average Bonchev–Trinajstić information content (AvgIpc) is 2.94. The van der Waals surface area contributed by atoms with Crippen LogP contribution in [0.1, 0.15) is 13.3 Å². The lowest BCUT2D eigenvalue weighted by Crippen LogP contribution is -2.20. The first-order valence-electron chi connectivity index (χ1n) is 6.78. The van der Waals surface area contributed by atoms with Gasteiger partial charge in [-0.2, -0.15) is 5.10 Å². The highest BCUT2D eigenvalue weighted by molar-refractivity contribution is 7.92. The molecule has 0 saturated carbocycles. The quantitative estimate of drug-likeness (QED) is 0.712. The van der Waals surface area contributed by atoms with Crippen LogP contribution in [0.2, 0.25) is 0 Å². The molecule has 2 heterocycles. The number of sulfonamides is 1. The predicted molar refractivity (Wildman–Crippen MR) is 80.4 cm³/mol. The van der Waals surface area contributed by atoms with Crippen molar-refractivity contribution in [2.45, 2.75) is 24.8 Å². The number of aromatic nitrogens is 3. The van der Waals surface area contributed by atoms with Crippen LogP contribution >= 0.6 is 0 Å². The fourth-order valence-electron chi connectivity index (χ4n) is 1.74. The first-order chi connectivity index (χ1) is 10.1. The van der Waals surface area contributed by atoms with E-state index in [4.69, 9.17) is 0 Å². The Bertz CT molecular complexity index is 654. The monoisotopic (exact) mass is 309 g/mol. The third kappa shape index (κ3) is 4.54. The molecule has 0 aliphatic heterocycles. The maximum atomic E-state index is 12.2. The van der Waals surface area contributed by atoms with E-state index in [1.165, 1.54) is 24.8 Å². The molecule has 0 aromatic carbocycles. The van der Waals surface area contributed by atoms with Gasteiger partial charge in [-0.15, -0.1) is 0 Å². The van der Waals surface area contributed by atoms with Crippen LogP contribution in [0.4, 0.5) is 5.69 Å². The molecule has 2 aromatic rings. The molecule has 2 N–H and O–H groups in total. The lowest BCUT2D eigenvalue weighted by atomic mass is 10.4. The van der Waals surface area contributed by atoms with Gasteiger partial charge in [0.05, 0.1) is 18.4 Å². The van der Waals surface area contributed by atoms with E-state index in [2.05, 4.69) is 27.0 Å². The van der Waals surface area contributed by atoms with Crippen molar-refractivity contribution >= 4 is 15.7 Å². The van der Waals surface area contributed by atoms with E-state index < -0.39 is 10.0 Å². The molecule has 2 rings (SSSR count). The summed E-state index contributed by atoms with van der Waals surface area (Å²) < 4.78 is 28.5. The molecule has 0 aliphatic rings. The molecular formula is C13H19N5O2S. The molecule has 0 radical (unpaired) electrons. The zero-order valence-electron chi connectivity index (χ0n) is 11.9. The van der Waals surface area contributed by atoms with E-state index in [-0.39, 0.29) is 4.90 Å². The summed E-state index contributed by atoms with van der Waals surface area (Å²) in [6.45, 7) is 4.42. The molecule has 0 fully saturated rings. The highest BCUT2D eigenvalue weighted by atomic mass is 32.2. The number of pyridine rings is 1. The highest BCUT2D eigenvalue weighted by Gasteiger charge is 2.16. The molecule has 0 atom stereocenters. The molecule has 114 valence electrons. The Morgan fingerprint density at radius 3 is 2.71 bits per heavy atom. The van der Waals surface area contributed by atoms with Crippen molar-refractivity contribution in [3.05, 3.63) is 36.9 Å². The molecular weight excluding hydrogens is 290 g/mol. The van der Waals surface area contributed by atoms with E-state index in [0.29, 0.717) is 12.2 Å². The van der Waals surface area contributed by atoms with E-state index in [1.807, 2.05) is 0 Å². The van der Waals surface area contributed by atoms with Gasteiger partial charge in [0.2, 0.25) is 0 Å². The molecule has 0 aliphatic carbocycles. The fraction of sp³-hybridized carbons (Fsp3) is 0.385. The smallest absolute Gasteiger partial charge is 0.265 e. The predicted octanol–water partition coefficient (Wildman–Crippen LogP) is 1.08. The summed E-state index contributed by atoms with van der Waals surface area (Å²) in [6.07, 6.45) is 7.00. The van der Waals surface area contributed by atoms with E-state index >= 15 is 0 Å². The highest BCUT2D eigenvalue weighted by Crippen LogP contribution is 2.14. The Balaban J connectivity index is 1.99. The Morgan fingerprint density at radius 1 is 1.24 bits per heavy atom. The van der Waals surface area contributed by atoms with Crippen molar-refractivity contribution in [3.63, 3.8) is 0 Å². The van der Waals surface area contributed by atoms with Crippen LogP contribution < -0.4 is 10.0 Å². The maximum absolute atomic E-state index is 12.2. The molecule has 0 unspecified atom stereocenters. The van der Waals surface area contributed by atoms with Crippen LogP contribution in [0, 0.1) is 0 Å². The number of anilines is 1. The van der Waals surface area contributed by atoms with Crippen molar-refractivity contribution in [1.82, 2.24) is 20.1 Å². The van der Waals surface area contributed by atoms with Gasteiger partial charge in [0.1, 0.15) is 4.90 Å². The van der Waals surface area contributed by atoms with E-state index in [9.17, 15) is 8.42 Å². The number of rotatable bonds is 8. The zero-order valence-corrected chi connectivity index (χ0v) is 12.7. The van der Waals surface area contributed by atoms with Crippen molar-refractivity contribution in [3.8, 4) is 0 Å². The van der Waals surface area contributed by atoms with Crippen molar-refractivity contribution in [2.75, 3.05) is 17.8 Å². The average molecular weight is 309 g/mol. The molecule has 0 amide bonds. The topological polar surface area (TPSA) is 88.9 Å². The van der Waals surface area contributed by atoms with Gasteiger partial charge >= 0.3 is 0 Å². The summed E-state index contributed by atoms with van der Waals surface area (Å²) in [5.74, 6) is 0. The van der Waals surface area contributed by atoms with Crippen molar-refractivity contribution in [1.29, 1.82) is 0 Å². The molecule has 21 heavy (non-hydrogen) atoms. The van der Waals surface area contributed by atoms with Gasteiger partial charge in [0.15, 0.2) is 0 Å². The standard InChI is InChI=1S/C13H19N5O2S/c1-2-5-14-8-9-18-11-13(10-16-18)21(19,20)17-12-3-6-15-7-4-12/h3-4,6-7,10-11,14H,2,5,8-9H2,1H3,(H,15,17). The Labute approximate surface area is 124 Å². The summed E-state index contributed by atoms with van der Waals surface area (Å²) >= 11 is 0. The summed E-state index contributed by atoms with van der Waals surface area (Å²) in [5.41, 5.74) is 0.474. The second-order valence-electron chi connectivity index (χ2n) is 4.53. The summed E-state index contributed by atoms with van der Waals surface area (Å²) in [7, 11) is -3.61. The van der Waals surface area contributed by atoms with Crippen LogP contribution in [0.3, 0.4) is 0 Å². The van der Waals surface area contributed by atoms with Gasteiger partial charge in [-0.25, -0.2) is 8.42 Å². The molecule has 7 nitrogen and oxygen atoms in total. The Hall–Kier alpha value is -1.93. The van der Waals surface area contributed by atoms with Crippen LogP contribution in [-0.4, -0.2) is 36.3 Å². The van der Waals surface area contributed by atoms with E-state index in [1.54, 1.807) is 16.8 Å². The van der Waals surface area contributed by atoms with Crippen LogP contribution in [0.25, 0.3) is 0 Å². The fourth-order valence-corrected chi connectivity index (χ4v) is 2.75. The first kappa shape index (κ1) is 15.5. The molecule has 0 bridgehead atoms. The largest absolute Gasteiger partial charge is 0.315 e. The van der Waals surface area contributed by atoms with E-state index in [0.717, 1.165) is 19.5 Å². The van der Waals surface area contributed by atoms with Gasteiger partial charge < -0.3 is 5.32 Å². The van der Waals surface area contributed by atoms with Gasteiger partial charge in [0, 0.05) is 25.1 Å². The van der Waals surface area contributed by atoms with Gasteiger partial charge in [-0.1, -0.05) is 6.92 Å². The third-order valence-electron chi connectivity index (χ3n) is 2.80. The summed E-state index contributed by atoms with van der Waals surface area (Å²) in [5, 5.41) is 7.31. The minimum Gasteiger partial charge on any atom is -0.315 e. The number of nitrogens with one attached hydrogen (secondary N) is 2. The summed E-state index contributed by atoms with van der Waals surface area (Å²) in [4.78, 5) is 3.99. The van der Waals surface area contributed by atoms with Gasteiger partial charge in [0.25, 0.3) is 10.0 Å². The summed E-state index contributed by atoms with van der Waals surface area (Å²) in [6, 6.07) is 3.19. The number of hydrogen-bond donors (Lipinski definition) is 2. The maximum Gasteiger partial charge on any atom is 0.265 e. The normalized spacial score (nSPS) is 11.5. The van der Waals surface area contributed by atoms with Crippen molar-refractivity contribution < 1.29 is 8.42 Å². The van der Waals surface area contributed by atoms with Crippen LogP contribution in [0.15, 0.2) is 41.8 Å². The number of hydrogen-bond acceptors (Lipinski definition) is 5. The van der Waals surface area contributed by atoms with Gasteiger partial charge in [-0.05, 0) is 25.1 Å². The Morgan fingerprint density at radius 2 is 2.00 bits per heavy atom. The minimum absolute atomic E-state index is 0.148. The van der Waals surface area contributed by atoms with Gasteiger partial charge in [-0.3, -0.25) is 14.4 Å². The lowest BCUT2D eigenvalue weighted by Gasteiger charge is -2.05. The second kappa shape index (κ2) is 7.19. The zero-order chi connectivity index (χ0) is 15.1. The molecule has 8 heteroatoms. The Kier molecular flexibility index (Phi) is 5.29. The second-order valence-corrected chi connectivity index (χ2v) is 6.21. The lowest BCUT2D eigenvalue weighted by molar-refractivity contribution is 0.552. The van der Waals surface area contributed by atoms with Crippen LogP contribution in [-0.2, 0) is 16.6 Å². The SMILES string of the molecule is CCCNCCn1cc(S(=O)(=O)Nc2ccncc2)cn1.